The number of carboxylic acid groups (broad SMARTS) is 1. The lowest BCUT2D eigenvalue weighted by Crippen LogP contribution is -2.60. The molecule has 0 bridgehead atoms. The Labute approximate surface area is 234 Å². The van der Waals surface area contributed by atoms with E-state index >= 15 is 0 Å². The number of thiophene rings is 1. The van der Waals surface area contributed by atoms with E-state index in [2.05, 4.69) is 4.98 Å². The van der Waals surface area contributed by atoms with E-state index in [0.717, 1.165) is 18.4 Å². The predicted octanol–water partition coefficient (Wildman–Crippen LogP) is 4.67. The SMILES string of the molecule is COc1ccccc1C(CN1C(=O)C2(CC(C(=O)O)C2)C(=O)c2c1sc(-c1ncco1)c2C)OC1CCOCC1. The van der Waals surface area contributed by atoms with Gasteiger partial charge < -0.3 is 23.7 Å². The number of carbonyl (C=O) groups excluding carboxylic acids is 2. The van der Waals surface area contributed by atoms with Gasteiger partial charge in [-0.2, -0.15) is 0 Å². The average molecular weight is 567 g/mol. The number of anilines is 1. The van der Waals surface area contributed by atoms with Gasteiger partial charge in [0, 0.05) is 18.8 Å². The number of ether oxygens (including phenoxy) is 3. The first kappa shape index (κ1) is 26.7. The first-order valence-corrected chi connectivity index (χ1v) is 14.1. The number of benzene rings is 1. The van der Waals surface area contributed by atoms with Crippen LogP contribution in [0.2, 0.25) is 0 Å². The van der Waals surface area contributed by atoms with Gasteiger partial charge in [0.2, 0.25) is 11.8 Å². The summed E-state index contributed by atoms with van der Waals surface area (Å²) in [6, 6.07) is 7.54. The third-order valence-corrected chi connectivity index (χ3v) is 9.52. The molecule has 10 nitrogen and oxygen atoms in total. The number of aliphatic carboxylic acids is 1. The summed E-state index contributed by atoms with van der Waals surface area (Å²) in [5.41, 5.74) is 0.462. The molecule has 2 aromatic heterocycles. The van der Waals surface area contributed by atoms with Gasteiger partial charge in [-0.25, -0.2) is 4.98 Å². The maximum Gasteiger partial charge on any atom is 0.306 e. The van der Waals surface area contributed by atoms with Crippen molar-refractivity contribution in [3.63, 3.8) is 0 Å². The third-order valence-electron chi connectivity index (χ3n) is 8.21. The minimum Gasteiger partial charge on any atom is -0.496 e. The summed E-state index contributed by atoms with van der Waals surface area (Å²) < 4.78 is 23.4. The standard InChI is InChI=1S/C29H30N2O8S/c1-16-22-24(32)29(13-17(14-29)27(33)34)28(35)31(26(22)40-23(16)25-30-9-12-38-25)15-21(39-18-7-10-37-11-8-18)19-5-3-4-6-20(19)36-2/h3-6,9,12,17-18,21H,7-8,10-11,13-15H2,1-2H3,(H,33,34). The van der Waals surface area contributed by atoms with E-state index in [-0.39, 0.29) is 31.3 Å². The zero-order valence-electron chi connectivity index (χ0n) is 22.3. The molecule has 11 heteroatoms. The van der Waals surface area contributed by atoms with Gasteiger partial charge in [-0.15, -0.1) is 11.3 Å². The molecule has 1 saturated carbocycles. The number of hydrogen-bond acceptors (Lipinski definition) is 9. The lowest BCUT2D eigenvalue weighted by Gasteiger charge is -2.48. The van der Waals surface area contributed by atoms with Crippen LogP contribution in [0.1, 0.15) is 53.3 Å². The maximum atomic E-state index is 14.3. The largest absolute Gasteiger partial charge is 0.496 e. The Hall–Kier alpha value is -3.54. The smallest absolute Gasteiger partial charge is 0.306 e. The first-order valence-electron chi connectivity index (χ1n) is 13.3. The summed E-state index contributed by atoms with van der Waals surface area (Å²) in [5.74, 6) is -1.47. The minimum atomic E-state index is -1.42. The Morgan fingerprint density at radius 1 is 1.25 bits per heavy atom. The monoisotopic (exact) mass is 566 g/mol. The lowest BCUT2D eigenvalue weighted by atomic mass is 9.56. The molecule has 1 atom stereocenters. The molecule has 40 heavy (non-hydrogen) atoms. The molecule has 6 rings (SSSR count). The topological polar surface area (TPSA) is 128 Å². The molecule has 4 heterocycles. The van der Waals surface area contributed by atoms with Crippen LogP contribution in [0, 0.1) is 18.3 Å². The number of hydrogen-bond donors (Lipinski definition) is 1. The van der Waals surface area contributed by atoms with Crippen molar-refractivity contribution in [3.8, 4) is 16.5 Å². The molecular weight excluding hydrogens is 536 g/mol. The number of aromatic nitrogens is 1. The van der Waals surface area contributed by atoms with Crippen molar-refractivity contribution >= 4 is 34.0 Å². The number of rotatable bonds is 8. The van der Waals surface area contributed by atoms with Crippen LogP contribution >= 0.6 is 11.3 Å². The van der Waals surface area contributed by atoms with Crippen LogP contribution in [-0.4, -0.2) is 60.7 Å². The second-order valence-electron chi connectivity index (χ2n) is 10.5. The minimum absolute atomic E-state index is 0.0281. The summed E-state index contributed by atoms with van der Waals surface area (Å²) in [5, 5.41) is 10.1. The zero-order chi connectivity index (χ0) is 28.0. The quantitative estimate of drug-likeness (QED) is 0.387. The number of nitrogens with zero attached hydrogens (tertiary/aromatic N) is 2. The molecule has 3 aliphatic rings. The lowest BCUT2D eigenvalue weighted by molar-refractivity contribution is -0.152. The second-order valence-corrected chi connectivity index (χ2v) is 11.5. The van der Waals surface area contributed by atoms with Gasteiger partial charge in [-0.05, 0) is 44.2 Å². The van der Waals surface area contributed by atoms with Crippen LogP contribution in [-0.2, 0) is 19.1 Å². The van der Waals surface area contributed by atoms with Crippen molar-refractivity contribution in [2.75, 3.05) is 31.8 Å². The number of oxazole rings is 1. The number of methoxy groups -OCH3 is 1. The van der Waals surface area contributed by atoms with Gasteiger partial charge in [-0.3, -0.25) is 19.3 Å². The number of carboxylic acids is 1. The highest BCUT2D eigenvalue weighted by Crippen LogP contribution is 2.57. The fraction of sp³-hybridized carbons (Fsp3) is 0.448. The van der Waals surface area contributed by atoms with Gasteiger partial charge >= 0.3 is 5.97 Å². The van der Waals surface area contributed by atoms with Crippen molar-refractivity contribution in [3.05, 3.63) is 53.4 Å². The van der Waals surface area contributed by atoms with Crippen LogP contribution < -0.4 is 9.64 Å². The second kappa shape index (κ2) is 10.5. The summed E-state index contributed by atoms with van der Waals surface area (Å²) in [6.07, 6.45) is 3.74. The Kier molecular flexibility index (Phi) is 6.97. The van der Waals surface area contributed by atoms with Gasteiger partial charge in [0.05, 0.1) is 42.3 Å². The molecule has 3 aromatic rings. The molecule has 2 fully saturated rings. The summed E-state index contributed by atoms with van der Waals surface area (Å²) in [6.45, 7) is 3.13. The molecular formula is C29H30N2O8S. The van der Waals surface area contributed by atoms with Gasteiger partial charge in [0.1, 0.15) is 28.5 Å². The van der Waals surface area contributed by atoms with Crippen LogP contribution in [0.5, 0.6) is 5.75 Å². The highest BCUT2D eigenvalue weighted by Gasteiger charge is 2.63. The van der Waals surface area contributed by atoms with Gasteiger partial charge in [-0.1, -0.05) is 18.2 Å². The number of carbonyl (C=O) groups is 3. The number of ketones is 1. The van der Waals surface area contributed by atoms with E-state index in [1.807, 2.05) is 31.2 Å². The molecule has 1 spiro atoms. The molecule has 2 aliphatic heterocycles. The number of para-hydroxylation sites is 1. The molecule has 1 aromatic carbocycles. The average Bonchev–Trinajstić information content (AvgIpc) is 3.58. The highest BCUT2D eigenvalue weighted by molar-refractivity contribution is 7.20. The van der Waals surface area contributed by atoms with E-state index in [1.165, 1.54) is 23.8 Å². The zero-order valence-corrected chi connectivity index (χ0v) is 23.1. The van der Waals surface area contributed by atoms with Gasteiger partial charge in [0.15, 0.2) is 5.78 Å². The first-order chi connectivity index (χ1) is 19.3. The fourth-order valence-corrected chi connectivity index (χ4v) is 7.27. The van der Waals surface area contributed by atoms with Crippen LogP contribution in [0.25, 0.3) is 10.8 Å². The molecule has 1 amide bonds. The Morgan fingerprint density at radius 3 is 2.67 bits per heavy atom. The molecule has 1 aliphatic carbocycles. The number of amides is 1. The van der Waals surface area contributed by atoms with Crippen LogP contribution in [0.15, 0.2) is 41.1 Å². The summed E-state index contributed by atoms with van der Waals surface area (Å²) in [4.78, 5) is 46.5. The number of fused-ring (bicyclic) bond motifs is 1. The van der Waals surface area contributed by atoms with Crippen molar-refractivity contribution in [2.45, 2.75) is 44.8 Å². The van der Waals surface area contributed by atoms with E-state index in [1.54, 1.807) is 12.0 Å². The van der Waals surface area contributed by atoms with Crippen LogP contribution in [0.4, 0.5) is 5.00 Å². The van der Waals surface area contributed by atoms with E-state index in [4.69, 9.17) is 18.6 Å². The Balaban J connectivity index is 1.44. The Bertz CT molecular complexity index is 1440. The third kappa shape index (κ3) is 4.32. The van der Waals surface area contributed by atoms with Crippen molar-refractivity contribution in [1.29, 1.82) is 0 Å². The highest BCUT2D eigenvalue weighted by atomic mass is 32.1. The molecule has 1 N–H and O–H groups in total. The normalized spacial score (nSPS) is 23.6. The van der Waals surface area contributed by atoms with E-state index in [9.17, 15) is 19.5 Å². The maximum absolute atomic E-state index is 14.3. The fourth-order valence-electron chi connectivity index (χ4n) is 6.02. The van der Waals surface area contributed by atoms with Crippen molar-refractivity contribution < 1.29 is 38.1 Å². The predicted molar refractivity (Wildman–Crippen MR) is 145 cm³/mol. The van der Waals surface area contributed by atoms with Crippen molar-refractivity contribution in [1.82, 2.24) is 4.98 Å². The summed E-state index contributed by atoms with van der Waals surface area (Å²) >= 11 is 1.28. The molecule has 1 unspecified atom stereocenters. The summed E-state index contributed by atoms with van der Waals surface area (Å²) in [7, 11) is 1.59. The molecule has 0 radical (unpaired) electrons. The van der Waals surface area contributed by atoms with Crippen LogP contribution in [0.3, 0.4) is 0 Å². The van der Waals surface area contributed by atoms with Gasteiger partial charge in [0.25, 0.3) is 0 Å². The van der Waals surface area contributed by atoms with Crippen molar-refractivity contribution in [2.24, 2.45) is 11.3 Å². The molecule has 210 valence electrons. The van der Waals surface area contributed by atoms with E-state index in [0.29, 0.717) is 45.9 Å². The Morgan fingerprint density at radius 2 is 2.00 bits per heavy atom. The molecule has 1 saturated heterocycles. The van der Waals surface area contributed by atoms with E-state index < -0.39 is 29.3 Å². The number of Topliss-reactive ketones (excluding diaryl/α,β-unsaturated/α-hetero) is 1.